The molecule has 0 aliphatic heterocycles. The lowest BCUT2D eigenvalue weighted by molar-refractivity contribution is -0.118. The van der Waals surface area contributed by atoms with Gasteiger partial charge in [0.1, 0.15) is 5.75 Å². The van der Waals surface area contributed by atoms with E-state index in [4.69, 9.17) is 4.74 Å². The molecule has 3 aromatic carbocycles. The van der Waals surface area contributed by atoms with Crippen LogP contribution in [-0.4, -0.2) is 17.5 Å². The molecule has 0 atom stereocenters. The Kier molecular flexibility index (Phi) is 6.22. The van der Waals surface area contributed by atoms with E-state index < -0.39 is 0 Å². The minimum atomic E-state index is -0.219. The van der Waals surface area contributed by atoms with Crippen LogP contribution in [0.15, 0.2) is 72.1 Å². The maximum atomic E-state index is 12.4. The van der Waals surface area contributed by atoms with Crippen molar-refractivity contribution in [2.24, 2.45) is 0 Å². The van der Waals surface area contributed by atoms with Crippen LogP contribution < -0.4 is 10.1 Å². The number of nitrogens with zero attached hydrogens (tertiary/aromatic N) is 1. The lowest BCUT2D eigenvalue weighted by Crippen LogP contribution is -2.20. The maximum absolute atomic E-state index is 12.4. The number of fused-ring (bicyclic) bond motifs is 1. The third kappa shape index (κ3) is 5.15. The minimum Gasteiger partial charge on any atom is -0.484 e. The highest BCUT2D eigenvalue weighted by atomic mass is 32.1. The lowest BCUT2D eigenvalue weighted by Gasteiger charge is -2.16. The first-order valence-corrected chi connectivity index (χ1v) is 12.2. The smallest absolute Gasteiger partial charge is 0.264 e. The Bertz CT molecular complexity index is 1260. The van der Waals surface area contributed by atoms with Crippen LogP contribution in [-0.2, 0) is 17.6 Å². The number of aryl methyl sites for hydroxylation is 3. The highest BCUT2D eigenvalue weighted by Crippen LogP contribution is 2.29. The first kappa shape index (κ1) is 21.4. The van der Waals surface area contributed by atoms with Gasteiger partial charge in [0.15, 0.2) is 11.7 Å². The number of rotatable bonds is 6. The van der Waals surface area contributed by atoms with Crippen molar-refractivity contribution in [1.29, 1.82) is 0 Å². The molecule has 1 heterocycles. The molecule has 0 unspecified atom stereocenters. The molecular formula is C28H26N2O2S. The van der Waals surface area contributed by atoms with Crippen molar-refractivity contribution in [2.75, 3.05) is 11.9 Å². The van der Waals surface area contributed by atoms with Gasteiger partial charge in [-0.2, -0.15) is 0 Å². The number of carbonyl (C=O) groups is 1. The quantitative estimate of drug-likeness (QED) is 0.353. The number of benzene rings is 3. The summed E-state index contributed by atoms with van der Waals surface area (Å²) in [6, 6.07) is 22.8. The average Bonchev–Trinajstić information content (AvgIpc) is 3.32. The highest BCUT2D eigenvalue weighted by molar-refractivity contribution is 7.14. The van der Waals surface area contributed by atoms with Crippen LogP contribution in [0.1, 0.15) is 29.5 Å². The standard InChI is InChI=1S/C28H26N2O2S/c1-19-6-8-21(9-7-19)22-12-14-25(15-13-22)32-17-27(31)30-28-29-26(18-33-28)24-11-10-20-4-2-3-5-23(20)16-24/h6-16,18H,2-5,17H2,1H3,(H,29,30,31). The number of aromatic nitrogens is 1. The average molecular weight is 455 g/mol. The summed E-state index contributed by atoms with van der Waals surface area (Å²) in [4.78, 5) is 17.0. The molecule has 1 aliphatic carbocycles. The third-order valence-corrected chi connectivity index (χ3v) is 6.76. The molecule has 1 N–H and O–H groups in total. The molecular weight excluding hydrogens is 428 g/mol. The van der Waals surface area contributed by atoms with E-state index in [1.54, 1.807) is 0 Å². The van der Waals surface area contributed by atoms with Crippen molar-refractivity contribution in [1.82, 2.24) is 4.98 Å². The topological polar surface area (TPSA) is 51.2 Å². The zero-order chi connectivity index (χ0) is 22.6. The molecule has 1 aromatic heterocycles. The van der Waals surface area contributed by atoms with Crippen LogP contribution in [0.3, 0.4) is 0 Å². The molecule has 0 saturated heterocycles. The van der Waals surface area contributed by atoms with Crippen molar-refractivity contribution < 1.29 is 9.53 Å². The number of nitrogens with one attached hydrogen (secondary N) is 1. The van der Waals surface area contributed by atoms with Gasteiger partial charge in [-0.05, 0) is 73.1 Å². The van der Waals surface area contributed by atoms with Crippen LogP contribution in [0, 0.1) is 6.92 Å². The number of amides is 1. The Balaban J connectivity index is 1.16. The van der Waals surface area contributed by atoms with E-state index in [9.17, 15) is 4.79 Å². The fourth-order valence-corrected chi connectivity index (χ4v) is 4.89. The van der Waals surface area contributed by atoms with E-state index in [0.29, 0.717) is 10.9 Å². The number of anilines is 1. The van der Waals surface area contributed by atoms with Crippen LogP contribution in [0.2, 0.25) is 0 Å². The summed E-state index contributed by atoms with van der Waals surface area (Å²) >= 11 is 1.43. The summed E-state index contributed by atoms with van der Waals surface area (Å²) < 4.78 is 5.67. The monoisotopic (exact) mass is 454 g/mol. The molecule has 0 spiro atoms. The summed E-state index contributed by atoms with van der Waals surface area (Å²) in [5.41, 5.74) is 8.40. The largest absolute Gasteiger partial charge is 0.484 e. The van der Waals surface area contributed by atoms with Crippen LogP contribution >= 0.6 is 11.3 Å². The molecule has 5 rings (SSSR count). The molecule has 5 heteroatoms. The maximum Gasteiger partial charge on any atom is 0.264 e. The summed E-state index contributed by atoms with van der Waals surface area (Å²) in [5.74, 6) is 0.443. The summed E-state index contributed by atoms with van der Waals surface area (Å²) in [7, 11) is 0. The molecule has 4 nitrogen and oxygen atoms in total. The molecule has 0 radical (unpaired) electrons. The minimum absolute atomic E-state index is 0.0579. The SMILES string of the molecule is Cc1ccc(-c2ccc(OCC(=O)Nc3nc(-c4ccc5c(c4)CCCC5)cs3)cc2)cc1. The number of hydrogen-bond acceptors (Lipinski definition) is 4. The first-order chi connectivity index (χ1) is 16.1. The van der Waals surface area contributed by atoms with Gasteiger partial charge in [-0.25, -0.2) is 4.98 Å². The van der Waals surface area contributed by atoms with Gasteiger partial charge in [0, 0.05) is 10.9 Å². The van der Waals surface area contributed by atoms with Crippen molar-refractivity contribution in [3.05, 3.63) is 88.8 Å². The molecule has 0 saturated carbocycles. The van der Waals surface area contributed by atoms with Gasteiger partial charge >= 0.3 is 0 Å². The summed E-state index contributed by atoms with van der Waals surface area (Å²) in [6.07, 6.45) is 4.84. The number of carbonyl (C=O) groups excluding carboxylic acids is 1. The Morgan fingerprint density at radius 2 is 1.58 bits per heavy atom. The lowest BCUT2D eigenvalue weighted by atomic mass is 9.90. The molecule has 4 aromatic rings. The van der Waals surface area contributed by atoms with E-state index >= 15 is 0 Å². The van der Waals surface area contributed by atoms with E-state index in [-0.39, 0.29) is 12.5 Å². The molecule has 33 heavy (non-hydrogen) atoms. The second-order valence-electron chi connectivity index (χ2n) is 8.46. The van der Waals surface area contributed by atoms with Crippen LogP contribution in [0.5, 0.6) is 5.75 Å². The first-order valence-electron chi connectivity index (χ1n) is 11.3. The predicted molar refractivity (Wildman–Crippen MR) is 135 cm³/mol. The molecule has 1 aliphatic rings. The van der Waals surface area contributed by atoms with Gasteiger partial charge in [-0.3, -0.25) is 10.1 Å². The fourth-order valence-electron chi connectivity index (χ4n) is 4.15. The van der Waals surface area contributed by atoms with Crippen molar-refractivity contribution in [2.45, 2.75) is 32.6 Å². The number of ether oxygens (including phenoxy) is 1. The Labute approximate surface area is 198 Å². The number of thiazole rings is 1. The van der Waals surface area contributed by atoms with Crippen LogP contribution in [0.4, 0.5) is 5.13 Å². The van der Waals surface area contributed by atoms with E-state index in [0.717, 1.165) is 28.8 Å². The normalized spacial score (nSPS) is 12.8. The summed E-state index contributed by atoms with van der Waals surface area (Å²) in [6.45, 7) is 2.02. The van der Waals surface area contributed by atoms with Gasteiger partial charge in [0.05, 0.1) is 5.69 Å². The Hall–Kier alpha value is -3.44. The predicted octanol–water partition coefficient (Wildman–Crippen LogP) is 6.68. The van der Waals surface area contributed by atoms with Crippen molar-refractivity contribution in [3.63, 3.8) is 0 Å². The van der Waals surface area contributed by atoms with Gasteiger partial charge in [-0.15, -0.1) is 11.3 Å². The van der Waals surface area contributed by atoms with Gasteiger partial charge in [0.25, 0.3) is 5.91 Å². The third-order valence-electron chi connectivity index (χ3n) is 6.00. The van der Waals surface area contributed by atoms with E-state index in [1.807, 2.05) is 29.6 Å². The highest BCUT2D eigenvalue weighted by Gasteiger charge is 2.13. The van der Waals surface area contributed by atoms with Crippen molar-refractivity contribution >= 4 is 22.4 Å². The van der Waals surface area contributed by atoms with Crippen LogP contribution in [0.25, 0.3) is 22.4 Å². The summed E-state index contributed by atoms with van der Waals surface area (Å²) in [5, 5.41) is 5.43. The molecule has 166 valence electrons. The van der Waals surface area contributed by atoms with E-state index in [1.165, 1.54) is 47.3 Å². The zero-order valence-electron chi connectivity index (χ0n) is 18.6. The van der Waals surface area contributed by atoms with E-state index in [2.05, 4.69) is 59.7 Å². The van der Waals surface area contributed by atoms with Gasteiger partial charge in [0.2, 0.25) is 0 Å². The fraction of sp³-hybridized carbons (Fsp3) is 0.214. The van der Waals surface area contributed by atoms with Crippen molar-refractivity contribution in [3.8, 4) is 28.1 Å². The van der Waals surface area contributed by atoms with Gasteiger partial charge < -0.3 is 4.74 Å². The molecule has 1 amide bonds. The second-order valence-corrected chi connectivity index (χ2v) is 9.31. The molecule has 0 bridgehead atoms. The number of hydrogen-bond donors (Lipinski definition) is 1. The Morgan fingerprint density at radius 1 is 0.909 bits per heavy atom. The molecule has 0 fully saturated rings. The second kappa shape index (κ2) is 9.59. The van der Waals surface area contributed by atoms with Gasteiger partial charge in [-0.1, -0.05) is 54.1 Å². The zero-order valence-corrected chi connectivity index (χ0v) is 19.5. The Morgan fingerprint density at radius 3 is 2.33 bits per heavy atom.